The quantitative estimate of drug-likeness (QED) is 0.538. The number of nitrogens with zero attached hydrogens (tertiary/aromatic N) is 1. The molecule has 0 saturated heterocycles. The number of carbonyl (C=O) groups excluding carboxylic acids is 2. The zero-order valence-corrected chi connectivity index (χ0v) is 18.7. The summed E-state index contributed by atoms with van der Waals surface area (Å²) in [5.41, 5.74) is 1.25. The van der Waals surface area contributed by atoms with Gasteiger partial charge < -0.3 is 14.5 Å². The van der Waals surface area contributed by atoms with Crippen molar-refractivity contribution in [3.63, 3.8) is 0 Å². The van der Waals surface area contributed by atoms with Gasteiger partial charge in [-0.05, 0) is 67.3 Å². The van der Waals surface area contributed by atoms with Crippen LogP contribution in [0.3, 0.4) is 0 Å². The van der Waals surface area contributed by atoms with Crippen LogP contribution in [0, 0.1) is 12.7 Å². The first-order valence-electron chi connectivity index (χ1n) is 11.1. The Kier molecular flexibility index (Phi) is 6.77. The fourth-order valence-corrected chi connectivity index (χ4v) is 4.21. The van der Waals surface area contributed by atoms with Crippen LogP contribution in [-0.4, -0.2) is 25.0 Å². The molecule has 0 spiro atoms. The minimum Gasteiger partial charge on any atom is -0.497 e. The molecule has 2 aromatic carbocycles. The lowest BCUT2D eigenvalue weighted by atomic mass is 10.0. The van der Waals surface area contributed by atoms with E-state index in [1.807, 2.05) is 0 Å². The molecule has 0 unspecified atom stereocenters. The van der Waals surface area contributed by atoms with Crippen LogP contribution in [0.1, 0.15) is 53.4 Å². The van der Waals surface area contributed by atoms with Gasteiger partial charge in [-0.3, -0.25) is 14.5 Å². The Morgan fingerprint density at radius 2 is 1.91 bits per heavy atom. The van der Waals surface area contributed by atoms with E-state index in [0.29, 0.717) is 16.9 Å². The molecule has 0 aliphatic heterocycles. The molecule has 0 radical (unpaired) electrons. The smallest absolute Gasteiger partial charge is 0.294 e. The summed E-state index contributed by atoms with van der Waals surface area (Å²) < 4.78 is 25.3. The predicted octanol–water partition coefficient (Wildman–Crippen LogP) is 5.18. The summed E-state index contributed by atoms with van der Waals surface area (Å²) in [6.45, 7) is 1.64. The van der Waals surface area contributed by atoms with Crippen molar-refractivity contribution in [3.05, 3.63) is 83.6 Å². The summed E-state index contributed by atoms with van der Waals surface area (Å²) in [7, 11) is 1.54. The fourth-order valence-electron chi connectivity index (χ4n) is 4.21. The molecule has 7 heteroatoms. The number of anilines is 1. The predicted molar refractivity (Wildman–Crippen MR) is 123 cm³/mol. The van der Waals surface area contributed by atoms with Gasteiger partial charge in [0.2, 0.25) is 5.91 Å². The second kappa shape index (κ2) is 9.90. The van der Waals surface area contributed by atoms with E-state index in [1.165, 1.54) is 30.4 Å². The van der Waals surface area contributed by atoms with E-state index in [0.717, 1.165) is 25.7 Å². The third kappa shape index (κ3) is 4.92. The molecule has 1 aromatic heterocycles. The van der Waals surface area contributed by atoms with Crippen LogP contribution in [0.15, 0.2) is 65.3 Å². The lowest BCUT2D eigenvalue weighted by Gasteiger charge is -2.32. The van der Waals surface area contributed by atoms with Crippen molar-refractivity contribution in [1.82, 2.24) is 5.32 Å². The Bertz CT molecular complexity index is 1120. The number of rotatable bonds is 7. The van der Waals surface area contributed by atoms with Gasteiger partial charge in [-0.15, -0.1) is 0 Å². The third-order valence-electron chi connectivity index (χ3n) is 6.00. The molecule has 1 aliphatic rings. The Morgan fingerprint density at radius 3 is 2.58 bits per heavy atom. The van der Waals surface area contributed by atoms with E-state index < -0.39 is 17.8 Å². The second-order valence-electron chi connectivity index (χ2n) is 8.26. The average molecular weight is 451 g/mol. The highest BCUT2D eigenvalue weighted by Gasteiger charge is 2.36. The van der Waals surface area contributed by atoms with Gasteiger partial charge in [0, 0.05) is 11.7 Å². The molecule has 2 amide bonds. The number of nitrogens with one attached hydrogen (secondary N) is 1. The number of benzene rings is 2. The molecule has 1 saturated carbocycles. The fraction of sp³-hybridized carbons (Fsp3) is 0.308. The maximum absolute atomic E-state index is 14.6. The minimum atomic E-state index is -1.06. The summed E-state index contributed by atoms with van der Waals surface area (Å²) in [5, 5.41) is 3.09. The van der Waals surface area contributed by atoms with E-state index in [2.05, 4.69) is 5.32 Å². The number of amides is 2. The zero-order chi connectivity index (χ0) is 23.4. The Hall–Kier alpha value is -3.61. The molecule has 6 nitrogen and oxygen atoms in total. The van der Waals surface area contributed by atoms with Gasteiger partial charge in [-0.1, -0.05) is 31.0 Å². The van der Waals surface area contributed by atoms with Crippen LogP contribution >= 0.6 is 0 Å². The van der Waals surface area contributed by atoms with Gasteiger partial charge in [0.1, 0.15) is 17.6 Å². The normalized spacial score (nSPS) is 14.6. The summed E-state index contributed by atoms with van der Waals surface area (Å²) in [5.74, 6) is -0.747. The summed E-state index contributed by atoms with van der Waals surface area (Å²) >= 11 is 0. The molecule has 33 heavy (non-hydrogen) atoms. The summed E-state index contributed by atoms with van der Waals surface area (Å²) in [4.78, 5) is 28.6. The number of furan rings is 1. The Balaban J connectivity index is 1.84. The molecular weight excluding hydrogens is 423 g/mol. The summed E-state index contributed by atoms with van der Waals surface area (Å²) in [6, 6.07) is 13.6. The molecule has 1 heterocycles. The molecule has 4 rings (SSSR count). The molecule has 172 valence electrons. The minimum absolute atomic E-state index is 0.0425. The highest BCUT2D eigenvalue weighted by molar-refractivity contribution is 6.08. The number of methoxy groups -OCH3 is 1. The maximum Gasteiger partial charge on any atom is 0.294 e. The molecule has 3 aromatic rings. The number of hydrogen-bond acceptors (Lipinski definition) is 4. The first kappa shape index (κ1) is 22.6. The van der Waals surface area contributed by atoms with Gasteiger partial charge in [-0.25, -0.2) is 4.39 Å². The van der Waals surface area contributed by atoms with Crippen LogP contribution in [-0.2, 0) is 4.79 Å². The van der Waals surface area contributed by atoms with Crippen molar-refractivity contribution in [2.75, 3.05) is 12.0 Å². The summed E-state index contributed by atoms with van der Waals surface area (Å²) in [6.07, 6.45) is 5.27. The van der Waals surface area contributed by atoms with Crippen molar-refractivity contribution < 1.29 is 23.1 Å². The number of ether oxygens (including phenoxy) is 1. The molecule has 0 bridgehead atoms. The van der Waals surface area contributed by atoms with Crippen LogP contribution in [0.4, 0.5) is 10.1 Å². The zero-order valence-electron chi connectivity index (χ0n) is 18.7. The lowest BCUT2D eigenvalue weighted by Crippen LogP contribution is -2.46. The lowest BCUT2D eigenvalue weighted by molar-refractivity contribution is -0.123. The van der Waals surface area contributed by atoms with E-state index in [9.17, 15) is 14.0 Å². The topological polar surface area (TPSA) is 71.8 Å². The van der Waals surface area contributed by atoms with Crippen molar-refractivity contribution in [2.24, 2.45) is 0 Å². The van der Waals surface area contributed by atoms with Crippen LogP contribution < -0.4 is 15.0 Å². The van der Waals surface area contributed by atoms with Gasteiger partial charge in [0.25, 0.3) is 5.91 Å². The largest absolute Gasteiger partial charge is 0.497 e. The number of halogens is 1. The van der Waals surface area contributed by atoms with E-state index in [-0.39, 0.29) is 23.4 Å². The second-order valence-corrected chi connectivity index (χ2v) is 8.26. The molecular formula is C26H27FN2O4. The standard InChI is InChI=1S/C26H27FN2O4/c1-17-12-13-20(16-22(17)27)29(26(31)23-11-6-14-33-23)24(18-7-5-10-21(15-18)32-2)25(30)28-19-8-3-4-9-19/h5-7,10-16,19,24H,3-4,8-9H2,1-2H3,(H,28,30)/t24-/m0/s1. The Morgan fingerprint density at radius 1 is 1.12 bits per heavy atom. The van der Waals surface area contributed by atoms with E-state index in [1.54, 1.807) is 49.4 Å². The molecule has 1 N–H and O–H groups in total. The van der Waals surface area contributed by atoms with Crippen molar-refractivity contribution in [2.45, 2.75) is 44.7 Å². The molecule has 1 atom stereocenters. The van der Waals surface area contributed by atoms with Gasteiger partial charge in [0.15, 0.2) is 5.76 Å². The third-order valence-corrected chi connectivity index (χ3v) is 6.00. The highest BCUT2D eigenvalue weighted by atomic mass is 19.1. The van der Waals surface area contributed by atoms with Crippen molar-refractivity contribution in [3.8, 4) is 5.75 Å². The molecule has 1 fully saturated rings. The monoisotopic (exact) mass is 450 g/mol. The Labute approximate surface area is 192 Å². The highest BCUT2D eigenvalue weighted by Crippen LogP contribution is 2.33. The van der Waals surface area contributed by atoms with Gasteiger partial charge in [-0.2, -0.15) is 0 Å². The average Bonchev–Trinajstić information content (AvgIpc) is 3.53. The molecule has 1 aliphatic carbocycles. The van der Waals surface area contributed by atoms with Crippen LogP contribution in [0.2, 0.25) is 0 Å². The van der Waals surface area contributed by atoms with Crippen molar-refractivity contribution >= 4 is 17.5 Å². The van der Waals surface area contributed by atoms with Crippen LogP contribution in [0.5, 0.6) is 5.75 Å². The number of aryl methyl sites for hydroxylation is 1. The van der Waals surface area contributed by atoms with Crippen molar-refractivity contribution in [1.29, 1.82) is 0 Å². The van der Waals surface area contributed by atoms with Crippen LogP contribution in [0.25, 0.3) is 0 Å². The maximum atomic E-state index is 14.6. The SMILES string of the molecule is COc1cccc([C@@H](C(=O)NC2CCCC2)N(C(=O)c2ccco2)c2ccc(C)c(F)c2)c1. The van der Waals surface area contributed by atoms with Gasteiger partial charge in [0.05, 0.1) is 13.4 Å². The first-order chi connectivity index (χ1) is 16.0. The van der Waals surface area contributed by atoms with E-state index in [4.69, 9.17) is 9.15 Å². The van der Waals surface area contributed by atoms with E-state index >= 15 is 0 Å². The number of hydrogen-bond donors (Lipinski definition) is 1. The van der Waals surface area contributed by atoms with Gasteiger partial charge >= 0.3 is 0 Å². The first-order valence-corrected chi connectivity index (χ1v) is 11.1. The number of carbonyl (C=O) groups is 2.